The Morgan fingerprint density at radius 2 is 2.15 bits per heavy atom. The first-order valence-corrected chi connectivity index (χ1v) is 7.42. The van der Waals surface area contributed by atoms with Crippen LogP contribution in [-0.4, -0.2) is 44.0 Å². The number of hydrogen-bond acceptors (Lipinski definition) is 5. The molecule has 0 aliphatic heterocycles. The minimum Gasteiger partial charge on any atom is -0.481 e. The number of carboxylic acids is 1. The molecule has 1 rings (SSSR count). The highest BCUT2D eigenvalue weighted by atomic mass is 32.2. The number of nitrogens with one attached hydrogen (secondary N) is 1. The molecule has 1 amide bonds. The van der Waals surface area contributed by atoms with Gasteiger partial charge in [-0.15, -0.1) is 10.2 Å². The van der Waals surface area contributed by atoms with E-state index in [4.69, 9.17) is 5.11 Å². The molecule has 0 fully saturated rings. The van der Waals surface area contributed by atoms with Crippen molar-refractivity contribution in [3.8, 4) is 0 Å². The lowest BCUT2D eigenvalue weighted by Crippen LogP contribution is -2.28. The molecular formula is C12H20N4O3S. The first kappa shape index (κ1) is 16.5. The van der Waals surface area contributed by atoms with Crippen LogP contribution in [0.15, 0.2) is 11.5 Å². The third-order valence-electron chi connectivity index (χ3n) is 2.75. The van der Waals surface area contributed by atoms with E-state index in [1.807, 2.05) is 18.4 Å². The number of hydrogen-bond donors (Lipinski definition) is 2. The van der Waals surface area contributed by atoms with E-state index >= 15 is 0 Å². The van der Waals surface area contributed by atoms with Gasteiger partial charge >= 0.3 is 5.97 Å². The van der Waals surface area contributed by atoms with E-state index in [0.29, 0.717) is 18.1 Å². The van der Waals surface area contributed by atoms with E-state index in [0.717, 1.165) is 0 Å². The number of carboxylic acid groups (broad SMARTS) is 1. The van der Waals surface area contributed by atoms with Crippen LogP contribution in [-0.2, 0) is 9.59 Å². The van der Waals surface area contributed by atoms with Gasteiger partial charge in [-0.1, -0.05) is 18.7 Å². The minimum absolute atomic E-state index is 0.133. The smallest absolute Gasteiger partial charge is 0.306 e. The second-order valence-corrected chi connectivity index (χ2v) is 5.72. The SMILES string of the molecule is CC(CCNC(=O)CSc1nncn1C(C)C)C(=O)O. The third kappa shape index (κ3) is 5.20. The summed E-state index contributed by atoms with van der Waals surface area (Å²) in [6, 6.07) is 0.243. The fourth-order valence-corrected chi connectivity index (χ4v) is 2.30. The van der Waals surface area contributed by atoms with E-state index < -0.39 is 11.9 Å². The van der Waals surface area contributed by atoms with E-state index in [2.05, 4.69) is 15.5 Å². The van der Waals surface area contributed by atoms with Crippen molar-refractivity contribution in [1.82, 2.24) is 20.1 Å². The van der Waals surface area contributed by atoms with Crippen molar-refractivity contribution < 1.29 is 14.7 Å². The number of carbonyl (C=O) groups excluding carboxylic acids is 1. The monoisotopic (exact) mass is 300 g/mol. The van der Waals surface area contributed by atoms with Crippen LogP contribution in [0.3, 0.4) is 0 Å². The molecule has 0 aromatic carbocycles. The Morgan fingerprint density at radius 1 is 1.45 bits per heavy atom. The summed E-state index contributed by atoms with van der Waals surface area (Å²) >= 11 is 1.32. The zero-order chi connectivity index (χ0) is 15.1. The lowest BCUT2D eigenvalue weighted by molar-refractivity contribution is -0.141. The molecule has 7 nitrogen and oxygen atoms in total. The molecule has 0 aliphatic rings. The molecule has 2 N–H and O–H groups in total. The summed E-state index contributed by atoms with van der Waals surface area (Å²) in [6.07, 6.45) is 2.06. The number of aromatic nitrogens is 3. The molecule has 8 heteroatoms. The Kier molecular flexibility index (Phi) is 6.50. The highest BCUT2D eigenvalue weighted by Gasteiger charge is 2.12. The van der Waals surface area contributed by atoms with Crippen molar-refractivity contribution >= 4 is 23.6 Å². The molecule has 0 radical (unpaired) electrons. The minimum atomic E-state index is -0.848. The summed E-state index contributed by atoms with van der Waals surface area (Å²) in [5, 5.41) is 19.9. The average molecular weight is 300 g/mol. The van der Waals surface area contributed by atoms with Crippen molar-refractivity contribution in [3.63, 3.8) is 0 Å². The predicted molar refractivity (Wildman–Crippen MR) is 75.6 cm³/mol. The number of carbonyl (C=O) groups is 2. The fraction of sp³-hybridized carbons (Fsp3) is 0.667. The molecule has 1 aromatic rings. The maximum absolute atomic E-state index is 11.6. The number of rotatable bonds is 8. The molecular weight excluding hydrogens is 280 g/mol. The lowest BCUT2D eigenvalue weighted by Gasteiger charge is -2.10. The van der Waals surface area contributed by atoms with Gasteiger partial charge < -0.3 is 15.0 Å². The van der Waals surface area contributed by atoms with Crippen molar-refractivity contribution in [3.05, 3.63) is 6.33 Å². The maximum Gasteiger partial charge on any atom is 0.306 e. The molecule has 20 heavy (non-hydrogen) atoms. The summed E-state index contributed by atoms with van der Waals surface area (Å²) in [5.41, 5.74) is 0. The third-order valence-corrected chi connectivity index (χ3v) is 3.71. The summed E-state index contributed by atoms with van der Waals surface area (Å²) in [6.45, 7) is 6.01. The molecule has 0 saturated heterocycles. The second-order valence-electron chi connectivity index (χ2n) is 4.78. The Hall–Kier alpha value is -1.57. The molecule has 0 bridgehead atoms. The topological polar surface area (TPSA) is 97.1 Å². The van der Waals surface area contributed by atoms with E-state index in [1.165, 1.54) is 11.8 Å². The lowest BCUT2D eigenvalue weighted by atomic mass is 10.1. The van der Waals surface area contributed by atoms with Crippen LogP contribution in [0, 0.1) is 5.92 Å². The van der Waals surface area contributed by atoms with Gasteiger partial charge in [0, 0.05) is 12.6 Å². The van der Waals surface area contributed by atoms with Crippen LogP contribution in [0.2, 0.25) is 0 Å². The molecule has 1 aromatic heterocycles. The first-order valence-electron chi connectivity index (χ1n) is 6.43. The van der Waals surface area contributed by atoms with E-state index in [-0.39, 0.29) is 17.7 Å². The molecule has 112 valence electrons. The van der Waals surface area contributed by atoms with Gasteiger partial charge in [0.2, 0.25) is 5.91 Å². The number of thioether (sulfide) groups is 1. The average Bonchev–Trinajstić information content (AvgIpc) is 2.84. The van der Waals surface area contributed by atoms with Gasteiger partial charge in [-0.2, -0.15) is 0 Å². The Balaban J connectivity index is 2.30. The Labute approximate surface area is 122 Å². The predicted octanol–water partition coefficient (Wildman–Crippen LogP) is 1.18. The Morgan fingerprint density at radius 3 is 2.75 bits per heavy atom. The highest BCUT2D eigenvalue weighted by molar-refractivity contribution is 7.99. The fourth-order valence-electron chi connectivity index (χ4n) is 1.42. The van der Waals surface area contributed by atoms with Crippen molar-refractivity contribution in [2.75, 3.05) is 12.3 Å². The largest absolute Gasteiger partial charge is 0.481 e. The van der Waals surface area contributed by atoms with Gasteiger partial charge in [0.1, 0.15) is 6.33 Å². The molecule has 0 saturated carbocycles. The molecule has 1 heterocycles. The van der Waals surface area contributed by atoms with Crippen LogP contribution >= 0.6 is 11.8 Å². The first-order chi connectivity index (χ1) is 9.41. The summed E-state index contributed by atoms with van der Waals surface area (Å²) < 4.78 is 1.89. The van der Waals surface area contributed by atoms with Gasteiger partial charge in [-0.05, 0) is 20.3 Å². The normalized spacial score (nSPS) is 12.4. The van der Waals surface area contributed by atoms with Gasteiger partial charge in [0.25, 0.3) is 0 Å². The zero-order valence-electron chi connectivity index (χ0n) is 11.9. The van der Waals surface area contributed by atoms with Crippen LogP contribution in [0.1, 0.15) is 33.2 Å². The van der Waals surface area contributed by atoms with Gasteiger partial charge in [-0.3, -0.25) is 9.59 Å². The highest BCUT2D eigenvalue weighted by Crippen LogP contribution is 2.18. The van der Waals surface area contributed by atoms with Gasteiger partial charge in [0.15, 0.2) is 5.16 Å². The van der Waals surface area contributed by atoms with Gasteiger partial charge in [-0.25, -0.2) is 0 Å². The van der Waals surface area contributed by atoms with Crippen LogP contribution in [0.5, 0.6) is 0 Å². The second kappa shape index (κ2) is 7.88. The van der Waals surface area contributed by atoms with Crippen molar-refractivity contribution in [2.24, 2.45) is 5.92 Å². The summed E-state index contributed by atoms with van der Waals surface area (Å²) in [4.78, 5) is 22.3. The summed E-state index contributed by atoms with van der Waals surface area (Å²) in [7, 11) is 0. The van der Waals surface area contributed by atoms with E-state index in [9.17, 15) is 9.59 Å². The number of amides is 1. The standard InChI is InChI=1S/C12H20N4O3S/c1-8(2)16-7-14-15-12(16)20-6-10(17)13-5-4-9(3)11(18)19/h7-9H,4-6H2,1-3H3,(H,13,17)(H,18,19). The zero-order valence-corrected chi connectivity index (χ0v) is 12.7. The van der Waals surface area contributed by atoms with Crippen molar-refractivity contribution in [2.45, 2.75) is 38.4 Å². The molecule has 0 aliphatic carbocycles. The van der Waals surface area contributed by atoms with E-state index in [1.54, 1.807) is 13.3 Å². The molecule has 1 unspecified atom stereocenters. The summed E-state index contributed by atoms with van der Waals surface area (Å²) in [5.74, 6) is -1.19. The van der Waals surface area contributed by atoms with Gasteiger partial charge in [0.05, 0.1) is 11.7 Å². The quantitative estimate of drug-likeness (QED) is 0.700. The molecule has 0 spiro atoms. The maximum atomic E-state index is 11.6. The van der Waals surface area contributed by atoms with Crippen LogP contribution in [0.25, 0.3) is 0 Å². The Bertz CT molecular complexity index is 461. The van der Waals surface area contributed by atoms with Crippen molar-refractivity contribution in [1.29, 1.82) is 0 Å². The number of aliphatic carboxylic acids is 1. The molecule has 1 atom stereocenters. The van der Waals surface area contributed by atoms with Crippen LogP contribution < -0.4 is 5.32 Å². The number of nitrogens with zero attached hydrogens (tertiary/aromatic N) is 3. The van der Waals surface area contributed by atoms with Crippen LogP contribution in [0.4, 0.5) is 0 Å².